The van der Waals surface area contributed by atoms with Gasteiger partial charge in [-0.1, -0.05) is 36.4 Å². The van der Waals surface area contributed by atoms with Crippen LogP contribution >= 0.6 is 0 Å². The van der Waals surface area contributed by atoms with Crippen LogP contribution in [0.4, 0.5) is 0 Å². The highest BCUT2D eigenvalue weighted by molar-refractivity contribution is 5.87. The first-order valence-corrected chi connectivity index (χ1v) is 9.80. The minimum Gasteiger partial charge on any atom is -0.478 e. The Morgan fingerprint density at radius 3 is 2.59 bits per heavy atom. The maximum absolute atomic E-state index is 11.9. The van der Waals surface area contributed by atoms with Gasteiger partial charge in [0.15, 0.2) is 0 Å². The number of piperidine rings is 1. The van der Waals surface area contributed by atoms with E-state index in [0.29, 0.717) is 24.3 Å². The lowest BCUT2D eigenvalue weighted by molar-refractivity contribution is -0.0495. The number of benzene rings is 2. The molecule has 4 heteroatoms. The van der Waals surface area contributed by atoms with Gasteiger partial charge >= 0.3 is 5.97 Å². The molecular weight excluding hydrogens is 338 g/mol. The lowest BCUT2D eigenvalue weighted by Crippen LogP contribution is -2.42. The van der Waals surface area contributed by atoms with Gasteiger partial charge in [0.2, 0.25) is 0 Å². The van der Waals surface area contributed by atoms with Crippen LogP contribution in [0.3, 0.4) is 0 Å². The second-order valence-corrected chi connectivity index (χ2v) is 8.15. The highest BCUT2D eigenvalue weighted by Crippen LogP contribution is 2.46. The van der Waals surface area contributed by atoms with Crippen molar-refractivity contribution in [2.24, 2.45) is 11.8 Å². The largest absolute Gasteiger partial charge is 0.478 e. The zero-order valence-corrected chi connectivity index (χ0v) is 15.8. The van der Waals surface area contributed by atoms with Gasteiger partial charge in [0, 0.05) is 19.0 Å². The standard InChI is InChI=1S/C23H27NO3/c1-16-7-8-18(22(25)26)13-17(16)9-11-23(27,20-5-3-2-4-6-20)21-15-24-12-10-19(21)14-24/h2-8,13,19,21,27H,9-12,14-15H2,1H3,(H,25,26). The van der Waals surface area contributed by atoms with Gasteiger partial charge in [-0.25, -0.2) is 4.79 Å². The van der Waals surface area contributed by atoms with Crippen LogP contribution < -0.4 is 0 Å². The molecule has 0 aromatic heterocycles. The van der Waals surface area contributed by atoms with E-state index in [0.717, 1.165) is 42.7 Å². The molecule has 2 bridgehead atoms. The van der Waals surface area contributed by atoms with E-state index in [1.807, 2.05) is 43.3 Å². The number of hydrogen-bond acceptors (Lipinski definition) is 3. The van der Waals surface area contributed by atoms with Gasteiger partial charge in [0.25, 0.3) is 0 Å². The number of carboxylic acid groups (broad SMARTS) is 1. The van der Waals surface area contributed by atoms with E-state index in [1.165, 1.54) is 0 Å². The van der Waals surface area contributed by atoms with Gasteiger partial charge in [-0.2, -0.15) is 0 Å². The third-order valence-corrected chi connectivity index (χ3v) is 6.59. The molecule has 2 fully saturated rings. The molecule has 27 heavy (non-hydrogen) atoms. The first-order valence-electron chi connectivity index (χ1n) is 9.80. The Labute approximate surface area is 160 Å². The summed E-state index contributed by atoms with van der Waals surface area (Å²) in [5, 5.41) is 21.2. The highest BCUT2D eigenvalue weighted by atomic mass is 16.4. The van der Waals surface area contributed by atoms with Crippen molar-refractivity contribution in [2.45, 2.75) is 31.8 Å². The van der Waals surface area contributed by atoms with Crippen LogP contribution in [0.5, 0.6) is 0 Å². The molecule has 4 atom stereocenters. The number of aromatic carboxylic acids is 1. The third-order valence-electron chi connectivity index (χ3n) is 6.59. The number of fused-ring (bicyclic) bond motifs is 2. The van der Waals surface area contributed by atoms with Gasteiger partial charge < -0.3 is 15.1 Å². The summed E-state index contributed by atoms with van der Waals surface area (Å²) in [5.41, 5.74) is 2.49. The number of aliphatic hydroxyl groups is 1. The van der Waals surface area contributed by atoms with Crippen molar-refractivity contribution in [3.63, 3.8) is 0 Å². The number of hydrogen-bond donors (Lipinski definition) is 2. The fraction of sp³-hybridized carbons (Fsp3) is 0.435. The van der Waals surface area contributed by atoms with Crippen molar-refractivity contribution in [1.29, 1.82) is 0 Å². The maximum atomic E-state index is 11.9. The molecule has 2 aliphatic rings. The first kappa shape index (κ1) is 18.2. The molecule has 0 radical (unpaired) electrons. The van der Waals surface area contributed by atoms with E-state index in [1.54, 1.807) is 12.1 Å². The molecule has 2 aliphatic heterocycles. The molecule has 2 aromatic carbocycles. The van der Waals surface area contributed by atoms with E-state index in [9.17, 15) is 15.0 Å². The molecule has 4 unspecified atom stereocenters. The minimum absolute atomic E-state index is 0.233. The van der Waals surface area contributed by atoms with Crippen LogP contribution in [0, 0.1) is 18.8 Å². The molecule has 0 amide bonds. The number of carbonyl (C=O) groups is 1. The molecule has 0 saturated carbocycles. The summed E-state index contributed by atoms with van der Waals surface area (Å²) in [6.45, 7) is 5.19. The summed E-state index contributed by atoms with van der Waals surface area (Å²) in [6.07, 6.45) is 2.44. The lowest BCUT2D eigenvalue weighted by Gasteiger charge is -2.39. The quantitative estimate of drug-likeness (QED) is 0.823. The Morgan fingerprint density at radius 1 is 1.19 bits per heavy atom. The average molecular weight is 365 g/mol. The van der Waals surface area contributed by atoms with Gasteiger partial charge in [-0.05, 0) is 67.5 Å². The molecule has 2 saturated heterocycles. The van der Waals surface area contributed by atoms with E-state index < -0.39 is 11.6 Å². The van der Waals surface area contributed by atoms with Gasteiger partial charge in [-0.15, -0.1) is 0 Å². The molecule has 0 aliphatic carbocycles. The molecule has 2 N–H and O–H groups in total. The summed E-state index contributed by atoms with van der Waals surface area (Å²) >= 11 is 0. The van der Waals surface area contributed by atoms with Crippen LogP contribution in [0.15, 0.2) is 48.5 Å². The number of aryl methyl sites for hydroxylation is 2. The molecule has 4 rings (SSSR count). The van der Waals surface area contributed by atoms with Gasteiger partial charge in [0.05, 0.1) is 11.2 Å². The molecular formula is C23H27NO3. The van der Waals surface area contributed by atoms with Crippen molar-refractivity contribution in [1.82, 2.24) is 4.90 Å². The second-order valence-electron chi connectivity index (χ2n) is 8.15. The molecule has 0 spiro atoms. The van der Waals surface area contributed by atoms with Crippen molar-refractivity contribution in [2.75, 3.05) is 19.6 Å². The Hall–Kier alpha value is -2.17. The molecule has 142 valence electrons. The second kappa shape index (κ2) is 7.10. The van der Waals surface area contributed by atoms with E-state index >= 15 is 0 Å². The fourth-order valence-electron chi connectivity index (χ4n) is 4.99. The summed E-state index contributed by atoms with van der Waals surface area (Å²) < 4.78 is 0. The SMILES string of the molecule is Cc1ccc(C(=O)O)cc1CCC(O)(c1ccccc1)C1CN2CCC1C2. The van der Waals surface area contributed by atoms with Gasteiger partial charge in [0.1, 0.15) is 0 Å². The van der Waals surface area contributed by atoms with Crippen LogP contribution in [0.1, 0.15) is 39.9 Å². The summed E-state index contributed by atoms with van der Waals surface area (Å²) in [7, 11) is 0. The minimum atomic E-state index is -0.907. The van der Waals surface area contributed by atoms with E-state index in [4.69, 9.17) is 0 Å². The summed E-state index contributed by atoms with van der Waals surface area (Å²) in [5.74, 6) is -0.131. The zero-order valence-electron chi connectivity index (χ0n) is 15.8. The lowest BCUT2D eigenvalue weighted by atomic mass is 9.71. The number of nitrogens with zero attached hydrogens (tertiary/aromatic N) is 1. The molecule has 4 nitrogen and oxygen atoms in total. The van der Waals surface area contributed by atoms with Crippen molar-refractivity contribution >= 4 is 5.97 Å². The van der Waals surface area contributed by atoms with Crippen LogP contribution in [0.25, 0.3) is 0 Å². The maximum Gasteiger partial charge on any atom is 0.335 e. The Kier molecular flexibility index (Phi) is 4.79. The predicted octanol–water partition coefficient (Wildman–Crippen LogP) is 3.47. The summed E-state index contributed by atoms with van der Waals surface area (Å²) in [4.78, 5) is 13.8. The van der Waals surface area contributed by atoms with Crippen LogP contribution in [-0.4, -0.2) is 40.7 Å². The van der Waals surface area contributed by atoms with Crippen LogP contribution in [-0.2, 0) is 12.0 Å². The average Bonchev–Trinajstić information content (AvgIpc) is 3.31. The summed E-state index contributed by atoms with van der Waals surface area (Å²) in [6, 6.07) is 15.3. The van der Waals surface area contributed by atoms with E-state index in [2.05, 4.69) is 4.90 Å². The van der Waals surface area contributed by atoms with Crippen molar-refractivity contribution < 1.29 is 15.0 Å². The highest BCUT2D eigenvalue weighted by Gasteiger charge is 2.49. The monoisotopic (exact) mass is 365 g/mol. The van der Waals surface area contributed by atoms with Crippen molar-refractivity contribution in [3.8, 4) is 0 Å². The molecule has 2 heterocycles. The first-order chi connectivity index (χ1) is 13.0. The van der Waals surface area contributed by atoms with Crippen LogP contribution in [0.2, 0.25) is 0 Å². The Morgan fingerprint density at radius 2 is 1.96 bits per heavy atom. The Balaban J connectivity index is 1.63. The third kappa shape index (κ3) is 3.40. The topological polar surface area (TPSA) is 60.8 Å². The fourth-order valence-corrected chi connectivity index (χ4v) is 4.99. The van der Waals surface area contributed by atoms with E-state index in [-0.39, 0.29) is 5.92 Å². The van der Waals surface area contributed by atoms with Crippen molar-refractivity contribution in [3.05, 3.63) is 70.8 Å². The smallest absolute Gasteiger partial charge is 0.335 e. The number of carboxylic acids is 1. The normalized spacial score (nSPS) is 26.1. The zero-order chi connectivity index (χ0) is 19.0. The molecule has 2 aromatic rings. The van der Waals surface area contributed by atoms with Gasteiger partial charge in [-0.3, -0.25) is 0 Å². The number of rotatable bonds is 6. The predicted molar refractivity (Wildman–Crippen MR) is 105 cm³/mol. The Bertz CT molecular complexity index is 835.